The highest BCUT2D eigenvalue weighted by Gasteiger charge is 2.40. The molecule has 4 aliphatic rings. The Morgan fingerprint density at radius 1 is 0.871 bits per heavy atom. The third-order valence-electron chi connectivity index (χ3n) is 6.64. The summed E-state index contributed by atoms with van der Waals surface area (Å²) in [7, 11) is 0. The van der Waals surface area contributed by atoms with Crippen LogP contribution in [0.4, 0.5) is 4.79 Å². The zero-order chi connectivity index (χ0) is 22.5. The van der Waals surface area contributed by atoms with Crippen LogP contribution < -0.4 is 5.32 Å². The normalized spacial score (nSPS) is 25.7. The maximum absolute atomic E-state index is 11.9. The molecule has 4 rings (SSSR count). The fourth-order valence-corrected chi connectivity index (χ4v) is 4.58. The third-order valence-corrected chi connectivity index (χ3v) is 6.64. The Labute approximate surface area is 185 Å². The fraction of sp³-hybridized carbons (Fsp3) is 0.870. The summed E-state index contributed by atoms with van der Waals surface area (Å²) in [4.78, 5) is 35.8. The van der Waals surface area contributed by atoms with Gasteiger partial charge in [-0.15, -0.1) is 0 Å². The number of ketones is 2. The lowest BCUT2D eigenvalue weighted by atomic mass is 9.84. The molecule has 176 valence electrons. The van der Waals surface area contributed by atoms with Crippen LogP contribution in [0.2, 0.25) is 0 Å². The zero-order valence-electron chi connectivity index (χ0n) is 19.3. The van der Waals surface area contributed by atoms with E-state index in [0.29, 0.717) is 26.1 Å². The number of carbonyl (C=O) groups excluding carboxylic acids is 3. The Hall–Kier alpha value is -1.51. The molecule has 0 bridgehead atoms. The third kappa shape index (κ3) is 6.99. The lowest BCUT2D eigenvalue weighted by molar-refractivity contribution is -0.149. The molecule has 4 saturated heterocycles. The number of carbonyl (C=O) groups is 3. The number of hydrogen-bond donors (Lipinski definition) is 1. The van der Waals surface area contributed by atoms with Gasteiger partial charge in [-0.3, -0.25) is 9.59 Å². The number of Topliss-reactive ketones (excluding diaryl/α,β-unsaturated/α-hetero) is 2. The Bertz CT molecular complexity index is 633. The van der Waals surface area contributed by atoms with E-state index < -0.39 is 5.60 Å². The molecule has 0 unspecified atom stereocenters. The van der Waals surface area contributed by atoms with Crippen molar-refractivity contribution in [2.75, 3.05) is 39.4 Å². The summed E-state index contributed by atoms with van der Waals surface area (Å²) in [5.41, 5.74) is -0.592. The van der Waals surface area contributed by atoms with Crippen LogP contribution in [0.1, 0.15) is 72.1 Å². The van der Waals surface area contributed by atoms with E-state index in [1.165, 1.54) is 0 Å². The van der Waals surface area contributed by atoms with Gasteiger partial charge in [-0.05, 0) is 72.4 Å². The van der Waals surface area contributed by atoms with Gasteiger partial charge in [0.1, 0.15) is 18.8 Å². The first-order valence-corrected chi connectivity index (χ1v) is 11.6. The standard InChI is InChI=1S/C14H23NO4.C9H15NO2/c1-13(2,3)19-12(17)15-8-6-14(7-9-15)5-4-11(16)10-18-14;11-8-1-2-9(12-7-8)3-5-10-6-4-9/h4-10H2,1-3H3;10H,1-7H2. The Kier molecular flexibility index (Phi) is 7.76. The first-order chi connectivity index (χ1) is 14.6. The van der Waals surface area contributed by atoms with Gasteiger partial charge < -0.3 is 24.4 Å². The van der Waals surface area contributed by atoms with Gasteiger partial charge in [-0.1, -0.05) is 0 Å². The van der Waals surface area contributed by atoms with Gasteiger partial charge >= 0.3 is 6.09 Å². The number of rotatable bonds is 0. The van der Waals surface area contributed by atoms with Crippen molar-refractivity contribution < 1.29 is 28.6 Å². The first kappa shape index (κ1) is 24.1. The molecule has 4 heterocycles. The molecule has 4 aliphatic heterocycles. The molecule has 0 aliphatic carbocycles. The second-order valence-electron chi connectivity index (χ2n) is 10.2. The summed E-state index contributed by atoms with van der Waals surface area (Å²) in [6.07, 6.45) is 6.52. The Morgan fingerprint density at radius 3 is 1.77 bits per heavy atom. The summed E-state index contributed by atoms with van der Waals surface area (Å²) in [5, 5.41) is 3.30. The first-order valence-electron chi connectivity index (χ1n) is 11.6. The number of nitrogens with one attached hydrogen (secondary N) is 1. The molecule has 8 heteroatoms. The average molecular weight is 439 g/mol. The van der Waals surface area contributed by atoms with Gasteiger partial charge in [0.2, 0.25) is 0 Å². The number of ether oxygens (including phenoxy) is 3. The van der Waals surface area contributed by atoms with Gasteiger partial charge in [0.15, 0.2) is 11.6 Å². The van der Waals surface area contributed by atoms with Gasteiger partial charge in [0, 0.05) is 25.9 Å². The van der Waals surface area contributed by atoms with Gasteiger partial charge in [-0.2, -0.15) is 0 Å². The highest BCUT2D eigenvalue weighted by atomic mass is 16.6. The molecular weight excluding hydrogens is 400 g/mol. The van der Waals surface area contributed by atoms with Gasteiger partial charge in [-0.25, -0.2) is 4.79 Å². The smallest absolute Gasteiger partial charge is 0.410 e. The van der Waals surface area contributed by atoms with E-state index in [0.717, 1.165) is 58.0 Å². The van der Waals surface area contributed by atoms with Gasteiger partial charge in [0.25, 0.3) is 0 Å². The van der Waals surface area contributed by atoms with Crippen molar-refractivity contribution in [3.05, 3.63) is 0 Å². The van der Waals surface area contributed by atoms with Crippen molar-refractivity contribution in [1.29, 1.82) is 0 Å². The summed E-state index contributed by atoms with van der Waals surface area (Å²) in [5.74, 6) is 0.444. The Balaban J connectivity index is 0.000000194. The molecule has 0 aromatic rings. The van der Waals surface area contributed by atoms with Crippen LogP contribution in [0, 0.1) is 0 Å². The molecule has 1 N–H and O–H groups in total. The predicted octanol–water partition coefficient (Wildman–Crippen LogP) is 2.62. The maximum Gasteiger partial charge on any atom is 0.410 e. The lowest BCUT2D eigenvalue weighted by Gasteiger charge is -2.43. The van der Waals surface area contributed by atoms with E-state index in [4.69, 9.17) is 14.2 Å². The molecule has 0 radical (unpaired) electrons. The number of piperidine rings is 2. The van der Waals surface area contributed by atoms with Crippen LogP contribution in [0.25, 0.3) is 0 Å². The largest absolute Gasteiger partial charge is 0.444 e. The van der Waals surface area contributed by atoms with Gasteiger partial charge in [0.05, 0.1) is 11.2 Å². The van der Waals surface area contributed by atoms with E-state index in [-0.39, 0.29) is 35.5 Å². The molecule has 31 heavy (non-hydrogen) atoms. The molecular formula is C23H38N2O6. The van der Waals surface area contributed by atoms with Crippen LogP contribution in [0.15, 0.2) is 0 Å². The lowest BCUT2D eigenvalue weighted by Crippen LogP contribution is -2.51. The summed E-state index contributed by atoms with van der Waals surface area (Å²) >= 11 is 0. The number of amides is 1. The van der Waals surface area contributed by atoms with Crippen molar-refractivity contribution in [1.82, 2.24) is 10.2 Å². The zero-order valence-corrected chi connectivity index (χ0v) is 19.3. The highest BCUT2D eigenvalue weighted by Crippen LogP contribution is 2.34. The minimum Gasteiger partial charge on any atom is -0.444 e. The van der Waals surface area contributed by atoms with Crippen LogP contribution in [-0.2, 0) is 23.8 Å². The topological polar surface area (TPSA) is 94.2 Å². The average Bonchev–Trinajstić information content (AvgIpc) is 2.73. The Morgan fingerprint density at radius 2 is 1.35 bits per heavy atom. The summed E-state index contributed by atoms with van der Waals surface area (Å²) in [6.45, 7) is 9.53. The monoisotopic (exact) mass is 438 g/mol. The van der Waals surface area contributed by atoms with Crippen molar-refractivity contribution in [3.8, 4) is 0 Å². The number of likely N-dealkylation sites (tertiary alicyclic amines) is 1. The number of hydrogen-bond acceptors (Lipinski definition) is 7. The summed E-state index contributed by atoms with van der Waals surface area (Å²) in [6, 6.07) is 0. The molecule has 0 aromatic carbocycles. The highest BCUT2D eigenvalue weighted by molar-refractivity contribution is 5.80. The molecule has 8 nitrogen and oxygen atoms in total. The van der Waals surface area contributed by atoms with E-state index in [1.54, 1.807) is 4.90 Å². The van der Waals surface area contributed by atoms with Crippen LogP contribution in [-0.4, -0.2) is 78.8 Å². The van der Waals surface area contributed by atoms with Crippen molar-refractivity contribution in [2.24, 2.45) is 0 Å². The van der Waals surface area contributed by atoms with Crippen molar-refractivity contribution in [3.63, 3.8) is 0 Å². The molecule has 1 amide bonds. The van der Waals surface area contributed by atoms with Crippen molar-refractivity contribution in [2.45, 2.75) is 88.9 Å². The molecule has 0 atom stereocenters. The SMILES string of the molecule is CC(C)(C)OC(=O)N1CCC2(CCC(=O)CO2)CC1.O=C1CCC2(CCNCC2)OC1. The molecule has 4 fully saturated rings. The summed E-state index contributed by atoms with van der Waals surface area (Å²) < 4.78 is 16.7. The minimum atomic E-state index is -0.458. The molecule has 0 saturated carbocycles. The second kappa shape index (κ2) is 9.96. The van der Waals surface area contributed by atoms with E-state index >= 15 is 0 Å². The second-order valence-corrected chi connectivity index (χ2v) is 10.2. The number of nitrogens with zero attached hydrogens (tertiary/aromatic N) is 1. The van der Waals surface area contributed by atoms with E-state index in [9.17, 15) is 14.4 Å². The van der Waals surface area contributed by atoms with Crippen LogP contribution in [0.5, 0.6) is 0 Å². The van der Waals surface area contributed by atoms with Crippen LogP contribution in [0.3, 0.4) is 0 Å². The van der Waals surface area contributed by atoms with Crippen molar-refractivity contribution >= 4 is 17.7 Å². The predicted molar refractivity (Wildman–Crippen MR) is 115 cm³/mol. The van der Waals surface area contributed by atoms with E-state index in [1.807, 2.05) is 20.8 Å². The van der Waals surface area contributed by atoms with Crippen LogP contribution >= 0.6 is 0 Å². The minimum absolute atomic E-state index is 0.0547. The molecule has 0 aromatic heterocycles. The molecule has 2 spiro atoms. The quantitative estimate of drug-likeness (QED) is 0.621. The van der Waals surface area contributed by atoms with E-state index in [2.05, 4.69) is 5.32 Å². The fourth-order valence-electron chi connectivity index (χ4n) is 4.58. The maximum atomic E-state index is 11.9.